The average molecular weight is 362 g/mol. The fourth-order valence-corrected chi connectivity index (χ4v) is 3.88. The van der Waals surface area contributed by atoms with Gasteiger partial charge in [-0.1, -0.05) is 49.4 Å². The minimum atomic E-state index is -0.333. The number of benzene rings is 2. The maximum Gasteiger partial charge on any atom is 0.214 e. The molecule has 27 heavy (non-hydrogen) atoms. The van der Waals surface area contributed by atoms with Gasteiger partial charge >= 0.3 is 0 Å². The summed E-state index contributed by atoms with van der Waals surface area (Å²) >= 11 is 0. The highest BCUT2D eigenvalue weighted by atomic mass is 19.1. The van der Waals surface area contributed by atoms with Gasteiger partial charge in [0.2, 0.25) is 11.6 Å². The molecule has 1 aromatic heterocycles. The summed E-state index contributed by atoms with van der Waals surface area (Å²) < 4.78 is 16.2. The van der Waals surface area contributed by atoms with E-state index in [2.05, 4.69) is 4.98 Å². The first-order valence-corrected chi connectivity index (χ1v) is 9.11. The van der Waals surface area contributed by atoms with Crippen LogP contribution in [0, 0.1) is 5.82 Å². The molecule has 4 nitrogen and oxygen atoms in total. The van der Waals surface area contributed by atoms with Gasteiger partial charge in [-0.05, 0) is 25.0 Å². The minimum Gasteiger partial charge on any atom is -0.324 e. The number of ketones is 2. The van der Waals surface area contributed by atoms with E-state index in [1.54, 1.807) is 47.0 Å². The van der Waals surface area contributed by atoms with Gasteiger partial charge in [0, 0.05) is 23.6 Å². The zero-order valence-electron chi connectivity index (χ0n) is 15.2. The molecule has 0 fully saturated rings. The van der Waals surface area contributed by atoms with Crippen LogP contribution in [0.3, 0.4) is 0 Å². The van der Waals surface area contributed by atoms with Crippen LogP contribution < -0.4 is 0 Å². The highest BCUT2D eigenvalue weighted by Crippen LogP contribution is 2.34. The number of nitrogens with zero attached hydrogens (tertiary/aromatic N) is 2. The Labute approximate surface area is 156 Å². The second-order valence-electron chi connectivity index (χ2n) is 6.60. The molecule has 136 valence electrons. The van der Waals surface area contributed by atoms with Crippen LogP contribution in [0.25, 0.3) is 0 Å². The molecule has 1 heterocycles. The Kier molecular flexibility index (Phi) is 4.22. The molecule has 1 atom stereocenters. The lowest BCUT2D eigenvalue weighted by Gasteiger charge is -2.19. The Morgan fingerprint density at radius 2 is 1.59 bits per heavy atom. The van der Waals surface area contributed by atoms with Crippen molar-refractivity contribution in [3.8, 4) is 0 Å². The third-order valence-electron chi connectivity index (χ3n) is 5.16. The van der Waals surface area contributed by atoms with E-state index in [-0.39, 0.29) is 29.0 Å². The Hall–Kier alpha value is -3.08. The molecule has 0 saturated heterocycles. The first-order valence-electron chi connectivity index (χ1n) is 9.11. The molecule has 3 aromatic rings. The van der Waals surface area contributed by atoms with Crippen LogP contribution in [0.2, 0.25) is 0 Å². The summed E-state index contributed by atoms with van der Waals surface area (Å²) in [4.78, 5) is 30.6. The number of imidazole rings is 1. The fourth-order valence-electron chi connectivity index (χ4n) is 3.88. The first-order chi connectivity index (χ1) is 13.1. The Morgan fingerprint density at radius 1 is 0.963 bits per heavy atom. The molecule has 0 N–H and O–H groups in total. The van der Waals surface area contributed by atoms with Gasteiger partial charge in [-0.15, -0.1) is 0 Å². The van der Waals surface area contributed by atoms with Gasteiger partial charge in [-0.25, -0.2) is 9.37 Å². The SMILES string of the molecule is CCC(c1ccccc1F)c1nc2c(n1CC)C(=O)c1ccccc1C2=O. The van der Waals surface area contributed by atoms with Crippen molar-refractivity contribution in [3.05, 3.63) is 88.3 Å². The Balaban J connectivity index is 1.94. The van der Waals surface area contributed by atoms with E-state index < -0.39 is 0 Å². The molecule has 0 radical (unpaired) electrons. The standard InChI is InChI=1S/C22H19FN2O2/c1-3-13(14-9-7-8-12-17(14)23)22-24-18-19(25(22)4-2)21(27)16-11-6-5-10-15(16)20(18)26/h5-13H,3-4H2,1-2H3. The number of halogens is 1. The predicted molar refractivity (Wildman–Crippen MR) is 99.7 cm³/mol. The molecule has 5 heteroatoms. The Bertz CT molecular complexity index is 1070. The van der Waals surface area contributed by atoms with Crippen LogP contribution in [-0.2, 0) is 6.54 Å². The van der Waals surface area contributed by atoms with Gasteiger partial charge in [0.05, 0.1) is 0 Å². The lowest BCUT2D eigenvalue weighted by molar-refractivity contribution is 0.0971. The van der Waals surface area contributed by atoms with Gasteiger partial charge in [-0.3, -0.25) is 9.59 Å². The van der Waals surface area contributed by atoms with Crippen molar-refractivity contribution in [2.75, 3.05) is 0 Å². The van der Waals surface area contributed by atoms with Gasteiger partial charge < -0.3 is 4.57 Å². The number of hydrogen-bond donors (Lipinski definition) is 0. The van der Waals surface area contributed by atoms with Gasteiger partial charge in [0.25, 0.3) is 0 Å². The van der Waals surface area contributed by atoms with E-state index in [0.29, 0.717) is 41.2 Å². The molecule has 0 aliphatic heterocycles. The molecule has 0 bridgehead atoms. The highest BCUT2D eigenvalue weighted by Gasteiger charge is 2.37. The van der Waals surface area contributed by atoms with Gasteiger partial charge in [-0.2, -0.15) is 0 Å². The van der Waals surface area contributed by atoms with E-state index in [4.69, 9.17) is 0 Å². The van der Waals surface area contributed by atoms with E-state index in [1.807, 2.05) is 13.8 Å². The van der Waals surface area contributed by atoms with Crippen LogP contribution in [-0.4, -0.2) is 21.1 Å². The van der Waals surface area contributed by atoms with Crippen molar-refractivity contribution in [2.45, 2.75) is 32.7 Å². The molecule has 0 saturated carbocycles. The third kappa shape index (κ3) is 2.53. The molecule has 1 unspecified atom stereocenters. The van der Waals surface area contributed by atoms with E-state index >= 15 is 0 Å². The number of fused-ring (bicyclic) bond motifs is 2. The maximum absolute atomic E-state index is 14.4. The zero-order chi connectivity index (χ0) is 19.1. The summed E-state index contributed by atoms with van der Waals surface area (Å²) in [6, 6.07) is 13.4. The van der Waals surface area contributed by atoms with E-state index in [0.717, 1.165) is 0 Å². The molecule has 2 aromatic carbocycles. The van der Waals surface area contributed by atoms with Crippen LogP contribution in [0.1, 0.15) is 69.7 Å². The monoisotopic (exact) mass is 362 g/mol. The van der Waals surface area contributed by atoms with Crippen LogP contribution in [0.15, 0.2) is 48.5 Å². The Morgan fingerprint density at radius 3 is 2.22 bits per heavy atom. The number of rotatable bonds is 4. The second kappa shape index (κ2) is 6.58. The third-order valence-corrected chi connectivity index (χ3v) is 5.16. The predicted octanol–water partition coefficient (Wildman–Crippen LogP) is 4.36. The second-order valence-corrected chi connectivity index (χ2v) is 6.60. The smallest absolute Gasteiger partial charge is 0.214 e. The average Bonchev–Trinajstić information content (AvgIpc) is 3.08. The molecular formula is C22H19FN2O2. The molecule has 4 rings (SSSR count). The number of carbonyl (C=O) groups excluding carboxylic acids is 2. The summed E-state index contributed by atoms with van der Waals surface area (Å²) in [5.41, 5.74) is 1.78. The maximum atomic E-state index is 14.4. The molecule has 0 amide bonds. The topological polar surface area (TPSA) is 52.0 Å². The van der Waals surface area contributed by atoms with Crippen molar-refractivity contribution in [1.82, 2.24) is 9.55 Å². The summed E-state index contributed by atoms with van der Waals surface area (Å²) in [5.74, 6) is -0.541. The molecule has 1 aliphatic rings. The lowest BCUT2D eigenvalue weighted by atomic mass is 9.90. The minimum absolute atomic E-state index is 0.172. The number of carbonyl (C=O) groups is 2. The molecular weight excluding hydrogens is 343 g/mol. The number of aromatic nitrogens is 2. The molecule has 1 aliphatic carbocycles. The van der Waals surface area contributed by atoms with Crippen LogP contribution in [0.4, 0.5) is 4.39 Å². The van der Waals surface area contributed by atoms with E-state index in [9.17, 15) is 14.0 Å². The van der Waals surface area contributed by atoms with Crippen LogP contribution in [0.5, 0.6) is 0 Å². The summed E-state index contributed by atoms with van der Waals surface area (Å²) in [6.07, 6.45) is 0.603. The summed E-state index contributed by atoms with van der Waals surface area (Å²) in [5, 5.41) is 0. The first kappa shape index (κ1) is 17.3. The quantitative estimate of drug-likeness (QED) is 0.542. The van der Waals surface area contributed by atoms with Crippen molar-refractivity contribution < 1.29 is 14.0 Å². The van der Waals surface area contributed by atoms with Gasteiger partial charge in [0.1, 0.15) is 23.0 Å². The normalized spacial score (nSPS) is 14.0. The zero-order valence-corrected chi connectivity index (χ0v) is 15.2. The van der Waals surface area contributed by atoms with Gasteiger partial charge in [0.15, 0.2) is 0 Å². The summed E-state index contributed by atoms with van der Waals surface area (Å²) in [7, 11) is 0. The summed E-state index contributed by atoms with van der Waals surface area (Å²) in [6.45, 7) is 4.32. The van der Waals surface area contributed by atoms with Crippen molar-refractivity contribution >= 4 is 11.6 Å². The fraction of sp³-hybridized carbons (Fsp3) is 0.227. The lowest BCUT2D eigenvalue weighted by Crippen LogP contribution is -2.23. The largest absolute Gasteiger partial charge is 0.324 e. The van der Waals surface area contributed by atoms with E-state index in [1.165, 1.54) is 6.07 Å². The van der Waals surface area contributed by atoms with Crippen molar-refractivity contribution in [2.24, 2.45) is 0 Å². The van der Waals surface area contributed by atoms with Crippen molar-refractivity contribution in [1.29, 1.82) is 0 Å². The highest BCUT2D eigenvalue weighted by molar-refractivity contribution is 6.27. The van der Waals surface area contributed by atoms with Crippen LogP contribution >= 0.6 is 0 Å². The number of hydrogen-bond acceptors (Lipinski definition) is 3. The van der Waals surface area contributed by atoms with Crippen molar-refractivity contribution in [3.63, 3.8) is 0 Å². The molecule has 0 spiro atoms.